The van der Waals surface area contributed by atoms with Gasteiger partial charge in [-0.15, -0.1) is 0 Å². The number of anilines is 3. The monoisotopic (exact) mass is 564 g/mol. The molecule has 3 heteroatoms. The maximum Gasteiger partial charge on any atom is 0.137 e. The SMILES string of the molecule is C1=Cc2c(oc3cc(N(c4ccc(-c5ccccc5)cc4)c4ccc5c(ccc6c7ccccc7ccc56)c4)ccc23)CN1. The molecule has 0 saturated heterocycles. The van der Waals surface area contributed by atoms with Crippen molar-refractivity contribution < 1.29 is 4.42 Å². The number of hydrogen-bond acceptors (Lipinski definition) is 3. The van der Waals surface area contributed by atoms with Crippen LogP contribution in [-0.2, 0) is 6.54 Å². The van der Waals surface area contributed by atoms with E-state index in [1.165, 1.54) is 43.4 Å². The van der Waals surface area contributed by atoms with Crippen molar-refractivity contribution in [3.8, 4) is 11.1 Å². The number of fused-ring (bicyclic) bond motifs is 8. The normalized spacial score (nSPS) is 12.5. The molecule has 0 unspecified atom stereocenters. The van der Waals surface area contributed by atoms with Gasteiger partial charge >= 0.3 is 0 Å². The highest BCUT2D eigenvalue weighted by Crippen LogP contribution is 2.41. The molecule has 1 aliphatic heterocycles. The molecule has 208 valence electrons. The quantitative estimate of drug-likeness (QED) is 0.216. The van der Waals surface area contributed by atoms with E-state index in [4.69, 9.17) is 4.42 Å². The van der Waals surface area contributed by atoms with E-state index in [-0.39, 0.29) is 0 Å². The lowest BCUT2D eigenvalue weighted by Gasteiger charge is -2.26. The van der Waals surface area contributed by atoms with E-state index in [9.17, 15) is 0 Å². The number of nitrogens with zero attached hydrogens (tertiary/aromatic N) is 1. The molecular weight excluding hydrogens is 536 g/mol. The highest BCUT2D eigenvalue weighted by Gasteiger charge is 2.19. The van der Waals surface area contributed by atoms with Crippen molar-refractivity contribution >= 4 is 66.4 Å². The summed E-state index contributed by atoms with van der Waals surface area (Å²) in [5.41, 5.74) is 7.70. The fourth-order valence-corrected chi connectivity index (χ4v) is 6.74. The van der Waals surface area contributed by atoms with Gasteiger partial charge in [-0.05, 0) is 92.1 Å². The summed E-state index contributed by atoms with van der Waals surface area (Å²) in [6.45, 7) is 0.703. The summed E-state index contributed by atoms with van der Waals surface area (Å²) in [5, 5.41) is 12.0. The van der Waals surface area contributed by atoms with Crippen molar-refractivity contribution in [3.05, 3.63) is 157 Å². The standard InChI is InChI=1S/C41H28N2O/c1-2-6-27(7-3-1)28-10-14-31(15-11-28)43(33-17-21-38-39-22-23-42-26-41(39)44-40(38)25-33)32-16-20-35-30(24-32)13-19-36-34-9-5-4-8-29(34)12-18-37(35)36/h1-25,42H,26H2. The van der Waals surface area contributed by atoms with Gasteiger partial charge in [0.25, 0.3) is 0 Å². The Morgan fingerprint density at radius 1 is 0.500 bits per heavy atom. The second-order valence-electron chi connectivity index (χ2n) is 11.4. The maximum atomic E-state index is 6.34. The summed E-state index contributed by atoms with van der Waals surface area (Å²) in [6, 6.07) is 50.4. The molecule has 0 spiro atoms. The third kappa shape index (κ3) is 3.98. The lowest BCUT2D eigenvalue weighted by Crippen LogP contribution is -2.09. The molecule has 9 rings (SSSR count). The van der Waals surface area contributed by atoms with Crippen molar-refractivity contribution in [2.75, 3.05) is 4.90 Å². The molecule has 0 aliphatic carbocycles. The van der Waals surface area contributed by atoms with E-state index in [1.54, 1.807) is 0 Å². The van der Waals surface area contributed by atoms with Gasteiger partial charge in [0.15, 0.2) is 0 Å². The van der Waals surface area contributed by atoms with Crippen LogP contribution in [0.1, 0.15) is 11.3 Å². The molecule has 44 heavy (non-hydrogen) atoms. The second kappa shape index (κ2) is 9.89. The van der Waals surface area contributed by atoms with Gasteiger partial charge < -0.3 is 14.6 Å². The summed E-state index contributed by atoms with van der Waals surface area (Å²) in [7, 11) is 0. The van der Waals surface area contributed by atoms with Crippen LogP contribution in [0, 0.1) is 0 Å². The van der Waals surface area contributed by atoms with Crippen molar-refractivity contribution in [1.82, 2.24) is 5.32 Å². The molecule has 8 aromatic rings. The van der Waals surface area contributed by atoms with Crippen LogP contribution in [0.5, 0.6) is 0 Å². The van der Waals surface area contributed by atoms with Gasteiger partial charge in [-0.1, -0.05) is 97.1 Å². The molecular formula is C41H28N2O. The topological polar surface area (TPSA) is 28.4 Å². The van der Waals surface area contributed by atoms with E-state index >= 15 is 0 Å². The van der Waals surface area contributed by atoms with Gasteiger partial charge in [0, 0.05) is 34.1 Å². The minimum Gasteiger partial charge on any atom is -0.458 e. The van der Waals surface area contributed by atoms with Crippen LogP contribution in [0.4, 0.5) is 17.1 Å². The first-order valence-corrected chi connectivity index (χ1v) is 15.1. The Kier molecular flexibility index (Phi) is 5.57. The Morgan fingerprint density at radius 2 is 1.14 bits per heavy atom. The molecule has 0 saturated carbocycles. The summed E-state index contributed by atoms with van der Waals surface area (Å²) >= 11 is 0. The zero-order chi connectivity index (χ0) is 29.0. The highest BCUT2D eigenvalue weighted by molar-refractivity contribution is 6.17. The van der Waals surface area contributed by atoms with Crippen molar-refractivity contribution in [2.24, 2.45) is 0 Å². The van der Waals surface area contributed by atoms with Gasteiger partial charge in [-0.3, -0.25) is 0 Å². The first-order chi connectivity index (χ1) is 21.8. The van der Waals surface area contributed by atoms with Crippen LogP contribution in [0.15, 0.2) is 150 Å². The number of nitrogens with one attached hydrogen (secondary N) is 1. The van der Waals surface area contributed by atoms with Gasteiger partial charge in [0.2, 0.25) is 0 Å². The van der Waals surface area contributed by atoms with Crippen LogP contribution in [0.3, 0.4) is 0 Å². The smallest absolute Gasteiger partial charge is 0.137 e. The molecule has 0 atom stereocenters. The Balaban J connectivity index is 1.21. The van der Waals surface area contributed by atoms with E-state index in [1.807, 2.05) is 6.20 Å². The molecule has 0 bridgehead atoms. The molecule has 2 heterocycles. The van der Waals surface area contributed by atoms with Gasteiger partial charge in [-0.2, -0.15) is 0 Å². The Bertz CT molecular complexity index is 2380. The Morgan fingerprint density at radius 3 is 1.98 bits per heavy atom. The molecule has 0 fully saturated rings. The van der Waals surface area contributed by atoms with Crippen molar-refractivity contribution in [1.29, 1.82) is 0 Å². The Labute approximate surface area is 255 Å². The summed E-state index contributed by atoms with van der Waals surface area (Å²) in [6.07, 6.45) is 4.09. The van der Waals surface area contributed by atoms with E-state index in [2.05, 4.69) is 156 Å². The molecule has 7 aromatic carbocycles. The average molecular weight is 565 g/mol. The largest absolute Gasteiger partial charge is 0.458 e. The fraction of sp³-hybridized carbons (Fsp3) is 0.0244. The summed E-state index contributed by atoms with van der Waals surface area (Å²) < 4.78 is 6.34. The highest BCUT2D eigenvalue weighted by atomic mass is 16.3. The minimum atomic E-state index is 0.703. The molecule has 1 aromatic heterocycles. The lowest BCUT2D eigenvalue weighted by molar-refractivity contribution is 0.532. The van der Waals surface area contributed by atoms with Gasteiger partial charge in [0.1, 0.15) is 11.3 Å². The molecule has 0 radical (unpaired) electrons. The Hall–Kier alpha value is -5.80. The molecule has 3 nitrogen and oxygen atoms in total. The number of rotatable bonds is 4. The van der Waals surface area contributed by atoms with Gasteiger partial charge in [-0.25, -0.2) is 0 Å². The predicted molar refractivity (Wildman–Crippen MR) is 185 cm³/mol. The third-order valence-corrected chi connectivity index (χ3v) is 8.89. The molecule has 0 amide bonds. The first kappa shape index (κ1) is 24.8. The van der Waals surface area contributed by atoms with Crippen LogP contribution in [0.25, 0.3) is 60.5 Å². The fourth-order valence-electron chi connectivity index (χ4n) is 6.74. The maximum absolute atomic E-state index is 6.34. The van der Waals surface area contributed by atoms with Crippen molar-refractivity contribution in [3.63, 3.8) is 0 Å². The van der Waals surface area contributed by atoms with Gasteiger partial charge in [0.05, 0.1) is 6.54 Å². The third-order valence-electron chi connectivity index (χ3n) is 8.89. The lowest BCUT2D eigenvalue weighted by atomic mass is 9.96. The van der Waals surface area contributed by atoms with E-state index in [0.717, 1.165) is 39.4 Å². The number of hydrogen-bond donors (Lipinski definition) is 1. The van der Waals surface area contributed by atoms with Crippen LogP contribution in [-0.4, -0.2) is 0 Å². The minimum absolute atomic E-state index is 0.703. The van der Waals surface area contributed by atoms with E-state index < -0.39 is 0 Å². The molecule has 1 N–H and O–H groups in total. The van der Waals surface area contributed by atoms with Crippen LogP contribution in [0.2, 0.25) is 0 Å². The number of benzene rings is 7. The van der Waals surface area contributed by atoms with Crippen molar-refractivity contribution in [2.45, 2.75) is 6.54 Å². The first-order valence-electron chi connectivity index (χ1n) is 15.1. The van der Waals surface area contributed by atoms with Crippen LogP contribution < -0.4 is 10.2 Å². The average Bonchev–Trinajstić information content (AvgIpc) is 3.47. The second-order valence-corrected chi connectivity index (χ2v) is 11.4. The summed E-state index contributed by atoms with van der Waals surface area (Å²) in [5.74, 6) is 0.975. The zero-order valence-electron chi connectivity index (χ0n) is 24.0. The number of furan rings is 1. The predicted octanol–water partition coefficient (Wildman–Crippen LogP) is 11.1. The summed E-state index contributed by atoms with van der Waals surface area (Å²) in [4.78, 5) is 2.33. The van der Waals surface area contributed by atoms with Crippen LogP contribution >= 0.6 is 0 Å². The zero-order valence-corrected chi connectivity index (χ0v) is 24.0. The molecule has 1 aliphatic rings. The van der Waals surface area contributed by atoms with E-state index in [0.29, 0.717) is 6.54 Å².